The molecule has 1 fully saturated rings. The molecule has 136 valence electrons. The molecule has 9 nitrogen and oxygen atoms in total. The van der Waals surface area contributed by atoms with Gasteiger partial charge in [0.2, 0.25) is 5.91 Å². The molecule has 0 spiro atoms. The third-order valence-electron chi connectivity index (χ3n) is 3.90. The summed E-state index contributed by atoms with van der Waals surface area (Å²) in [6, 6.07) is 4.35. The monoisotopic (exact) mass is 356 g/mol. The Kier molecular flexibility index (Phi) is 5.59. The first kappa shape index (κ1) is 17.6. The van der Waals surface area contributed by atoms with Crippen molar-refractivity contribution in [2.45, 2.75) is 18.9 Å². The molecule has 1 aliphatic heterocycles. The third kappa shape index (κ3) is 4.45. The van der Waals surface area contributed by atoms with Crippen LogP contribution in [0.5, 0.6) is 5.75 Å². The Bertz CT molecular complexity index is 777. The maximum absolute atomic E-state index is 12.2. The first-order valence-corrected chi connectivity index (χ1v) is 8.22. The van der Waals surface area contributed by atoms with Crippen LogP contribution in [0.3, 0.4) is 0 Å². The van der Waals surface area contributed by atoms with E-state index in [0.717, 1.165) is 19.4 Å². The summed E-state index contributed by atoms with van der Waals surface area (Å²) in [5.74, 6) is 0.694. The van der Waals surface area contributed by atoms with Crippen LogP contribution in [-0.2, 0) is 4.79 Å². The van der Waals surface area contributed by atoms with Crippen molar-refractivity contribution in [3.8, 4) is 5.75 Å². The Morgan fingerprint density at radius 1 is 1.23 bits per heavy atom. The Balaban J connectivity index is 1.68. The summed E-state index contributed by atoms with van der Waals surface area (Å²) in [6.07, 6.45) is 6.21. The predicted octanol–water partition coefficient (Wildman–Crippen LogP) is 1.82. The number of benzene rings is 1. The molecule has 1 unspecified atom stereocenters. The Morgan fingerprint density at radius 2 is 2.12 bits per heavy atom. The molecule has 0 bridgehead atoms. The van der Waals surface area contributed by atoms with Gasteiger partial charge < -0.3 is 20.7 Å². The highest BCUT2D eigenvalue weighted by molar-refractivity contribution is 6.01. The molecule has 1 atom stereocenters. The number of hydrogen-bond acceptors (Lipinski definition) is 6. The molecular weight excluding hydrogens is 336 g/mol. The molecule has 1 aromatic heterocycles. The quantitative estimate of drug-likeness (QED) is 0.649. The Morgan fingerprint density at radius 3 is 2.81 bits per heavy atom. The largest absolute Gasteiger partial charge is 0.495 e. The second kappa shape index (κ2) is 8.26. The van der Waals surface area contributed by atoms with Gasteiger partial charge in [0, 0.05) is 18.1 Å². The fourth-order valence-electron chi connectivity index (χ4n) is 2.65. The summed E-state index contributed by atoms with van der Waals surface area (Å²) in [6.45, 7) is 0.843. The van der Waals surface area contributed by atoms with E-state index in [1.54, 1.807) is 18.2 Å². The number of ether oxygens (including phenoxy) is 1. The summed E-state index contributed by atoms with van der Waals surface area (Å²) in [5, 5.41) is 11.2. The van der Waals surface area contributed by atoms with E-state index in [1.807, 2.05) is 0 Å². The Hall–Kier alpha value is -3.20. The molecule has 1 saturated heterocycles. The highest BCUT2D eigenvalue weighted by Gasteiger charge is 2.22. The predicted molar refractivity (Wildman–Crippen MR) is 97.3 cm³/mol. The first-order chi connectivity index (χ1) is 12.7. The number of nitrogens with zero attached hydrogens (tertiary/aromatic N) is 2. The summed E-state index contributed by atoms with van der Waals surface area (Å²) in [5.41, 5.74) is 0.991. The van der Waals surface area contributed by atoms with Crippen LogP contribution in [0.25, 0.3) is 0 Å². The standard InChI is InChI=1S/C17H20N6O3/c1-26-14-5-4-11(21-16(24)12-3-2-6-19-12)9-13(14)22-17(25)23-15-10-18-7-8-20-15/h4-5,7-10,12,19H,2-3,6H2,1H3,(H,21,24)(H2,20,22,23,25). The molecule has 3 amide bonds. The molecule has 9 heteroatoms. The van der Waals surface area contributed by atoms with Crippen molar-refractivity contribution < 1.29 is 14.3 Å². The smallest absolute Gasteiger partial charge is 0.325 e. The van der Waals surface area contributed by atoms with Gasteiger partial charge in [0.1, 0.15) is 5.75 Å². The normalized spacial score (nSPS) is 16.0. The van der Waals surface area contributed by atoms with Gasteiger partial charge in [-0.3, -0.25) is 15.1 Å². The summed E-state index contributed by atoms with van der Waals surface area (Å²) < 4.78 is 5.26. The minimum absolute atomic E-state index is 0.0948. The highest BCUT2D eigenvalue weighted by atomic mass is 16.5. The number of amides is 3. The van der Waals surface area contributed by atoms with Crippen LogP contribution in [0, 0.1) is 0 Å². The van der Waals surface area contributed by atoms with Crippen LogP contribution < -0.4 is 26.0 Å². The highest BCUT2D eigenvalue weighted by Crippen LogP contribution is 2.28. The zero-order chi connectivity index (χ0) is 18.4. The zero-order valence-electron chi connectivity index (χ0n) is 14.3. The number of rotatable bonds is 5. The first-order valence-electron chi connectivity index (χ1n) is 8.22. The van der Waals surface area contributed by atoms with Gasteiger partial charge in [-0.2, -0.15) is 0 Å². The molecule has 4 N–H and O–H groups in total. The van der Waals surface area contributed by atoms with Crippen molar-refractivity contribution >= 4 is 29.1 Å². The number of methoxy groups -OCH3 is 1. The van der Waals surface area contributed by atoms with Gasteiger partial charge in [-0.1, -0.05) is 0 Å². The minimum Gasteiger partial charge on any atom is -0.495 e. The third-order valence-corrected chi connectivity index (χ3v) is 3.90. The molecule has 26 heavy (non-hydrogen) atoms. The van der Waals surface area contributed by atoms with Crippen molar-refractivity contribution in [1.82, 2.24) is 15.3 Å². The number of anilines is 3. The van der Waals surface area contributed by atoms with E-state index in [0.29, 0.717) is 22.9 Å². The number of carbonyl (C=O) groups is 2. The summed E-state index contributed by atoms with van der Waals surface area (Å²) in [7, 11) is 1.50. The molecule has 3 rings (SSSR count). The summed E-state index contributed by atoms with van der Waals surface area (Å²) >= 11 is 0. The molecule has 2 heterocycles. The maximum atomic E-state index is 12.2. The van der Waals surface area contributed by atoms with Gasteiger partial charge in [-0.05, 0) is 37.6 Å². The number of carbonyl (C=O) groups excluding carboxylic acids is 2. The van der Waals surface area contributed by atoms with E-state index in [-0.39, 0.29) is 11.9 Å². The van der Waals surface area contributed by atoms with Crippen LogP contribution in [0.2, 0.25) is 0 Å². The molecule has 0 radical (unpaired) electrons. The van der Waals surface area contributed by atoms with Gasteiger partial charge in [-0.25, -0.2) is 9.78 Å². The van der Waals surface area contributed by atoms with Crippen molar-refractivity contribution in [2.75, 3.05) is 29.6 Å². The van der Waals surface area contributed by atoms with Crippen LogP contribution >= 0.6 is 0 Å². The van der Waals surface area contributed by atoms with E-state index in [9.17, 15) is 9.59 Å². The van der Waals surface area contributed by atoms with Gasteiger partial charge in [0.15, 0.2) is 5.82 Å². The second-order valence-electron chi connectivity index (χ2n) is 5.72. The SMILES string of the molecule is COc1ccc(NC(=O)C2CCCN2)cc1NC(=O)Nc1cnccn1. The maximum Gasteiger partial charge on any atom is 0.325 e. The minimum atomic E-state index is -0.496. The molecule has 1 aliphatic rings. The van der Waals surface area contributed by atoms with Gasteiger partial charge in [0.25, 0.3) is 0 Å². The van der Waals surface area contributed by atoms with Crippen LogP contribution in [-0.4, -0.2) is 41.6 Å². The van der Waals surface area contributed by atoms with E-state index < -0.39 is 6.03 Å². The number of nitrogens with one attached hydrogen (secondary N) is 4. The topological polar surface area (TPSA) is 117 Å². The lowest BCUT2D eigenvalue weighted by atomic mass is 10.2. The van der Waals surface area contributed by atoms with Crippen LogP contribution in [0.4, 0.5) is 22.0 Å². The lowest BCUT2D eigenvalue weighted by Gasteiger charge is -2.15. The molecule has 1 aromatic carbocycles. The van der Waals surface area contributed by atoms with Gasteiger partial charge in [0.05, 0.1) is 25.0 Å². The van der Waals surface area contributed by atoms with E-state index >= 15 is 0 Å². The van der Waals surface area contributed by atoms with Crippen molar-refractivity contribution in [3.05, 3.63) is 36.8 Å². The number of urea groups is 1. The average molecular weight is 356 g/mol. The lowest BCUT2D eigenvalue weighted by molar-refractivity contribution is -0.117. The number of hydrogen-bond donors (Lipinski definition) is 4. The number of aromatic nitrogens is 2. The Labute approximate surface area is 150 Å². The molecule has 0 aliphatic carbocycles. The van der Waals surface area contributed by atoms with E-state index in [2.05, 4.69) is 31.2 Å². The average Bonchev–Trinajstić information content (AvgIpc) is 3.17. The summed E-state index contributed by atoms with van der Waals surface area (Å²) in [4.78, 5) is 32.2. The lowest BCUT2D eigenvalue weighted by Crippen LogP contribution is -2.35. The fraction of sp³-hybridized carbons (Fsp3) is 0.294. The molecule has 0 saturated carbocycles. The van der Waals surface area contributed by atoms with Crippen molar-refractivity contribution in [3.63, 3.8) is 0 Å². The van der Waals surface area contributed by atoms with E-state index in [1.165, 1.54) is 25.7 Å². The van der Waals surface area contributed by atoms with E-state index in [4.69, 9.17) is 4.74 Å². The fourth-order valence-corrected chi connectivity index (χ4v) is 2.65. The van der Waals surface area contributed by atoms with Gasteiger partial charge >= 0.3 is 6.03 Å². The van der Waals surface area contributed by atoms with Crippen LogP contribution in [0.1, 0.15) is 12.8 Å². The van der Waals surface area contributed by atoms with Crippen molar-refractivity contribution in [2.24, 2.45) is 0 Å². The zero-order valence-corrected chi connectivity index (χ0v) is 14.3. The second-order valence-corrected chi connectivity index (χ2v) is 5.72. The molecular formula is C17H20N6O3. The van der Waals surface area contributed by atoms with Crippen LogP contribution in [0.15, 0.2) is 36.8 Å². The van der Waals surface area contributed by atoms with Crippen molar-refractivity contribution in [1.29, 1.82) is 0 Å². The molecule has 2 aromatic rings. The van der Waals surface area contributed by atoms with Gasteiger partial charge in [-0.15, -0.1) is 0 Å².